The number of halogens is 2. The Bertz CT molecular complexity index is 393. The van der Waals surface area contributed by atoms with Crippen LogP contribution in [0.15, 0.2) is 28.7 Å². The number of amides is 1. The molecule has 0 spiro atoms. The molecule has 2 unspecified atom stereocenters. The van der Waals surface area contributed by atoms with Crippen LogP contribution in [0.1, 0.15) is 24.9 Å². The monoisotopic (exact) mass is 301 g/mol. The first-order chi connectivity index (χ1) is 7.58. The summed E-state index contributed by atoms with van der Waals surface area (Å²) in [4.78, 5) is 13.5. The van der Waals surface area contributed by atoms with Crippen LogP contribution in [-0.4, -0.2) is 22.7 Å². The Morgan fingerprint density at radius 2 is 2.06 bits per heavy atom. The smallest absolute Gasteiger partial charge is 0.224 e. The summed E-state index contributed by atoms with van der Waals surface area (Å²) in [5.74, 6) is 0.149. The van der Waals surface area contributed by atoms with E-state index in [1.165, 1.54) is 0 Å². The van der Waals surface area contributed by atoms with Crippen LogP contribution in [0.3, 0.4) is 0 Å². The summed E-state index contributed by atoms with van der Waals surface area (Å²) >= 11 is 9.39. The van der Waals surface area contributed by atoms with Crippen molar-refractivity contribution in [3.8, 4) is 0 Å². The van der Waals surface area contributed by atoms with Gasteiger partial charge < -0.3 is 4.90 Å². The van der Waals surface area contributed by atoms with E-state index in [1.54, 1.807) is 0 Å². The van der Waals surface area contributed by atoms with Gasteiger partial charge in [0.2, 0.25) is 5.91 Å². The van der Waals surface area contributed by atoms with Gasteiger partial charge in [0, 0.05) is 17.4 Å². The lowest BCUT2D eigenvalue weighted by Gasteiger charge is -2.24. The third-order valence-corrected chi connectivity index (χ3v) is 3.75. The van der Waals surface area contributed by atoms with Crippen LogP contribution in [0, 0.1) is 0 Å². The Morgan fingerprint density at radius 3 is 2.56 bits per heavy atom. The minimum Gasteiger partial charge on any atom is -0.334 e. The van der Waals surface area contributed by atoms with Crippen molar-refractivity contribution in [2.75, 3.05) is 6.54 Å². The summed E-state index contributed by atoms with van der Waals surface area (Å²) in [7, 11) is 0. The highest BCUT2D eigenvalue weighted by Crippen LogP contribution is 2.28. The van der Waals surface area contributed by atoms with Gasteiger partial charge in [0.1, 0.15) is 0 Å². The molecule has 1 aromatic carbocycles. The van der Waals surface area contributed by atoms with E-state index in [9.17, 15) is 4.79 Å². The van der Waals surface area contributed by atoms with Crippen molar-refractivity contribution >= 4 is 33.4 Å². The van der Waals surface area contributed by atoms with Crippen molar-refractivity contribution in [2.24, 2.45) is 0 Å². The van der Waals surface area contributed by atoms with E-state index in [-0.39, 0.29) is 17.3 Å². The fourth-order valence-corrected chi connectivity index (χ4v) is 2.53. The zero-order chi connectivity index (χ0) is 11.7. The molecule has 1 saturated heterocycles. The normalized spacial score (nSPS) is 22.6. The topological polar surface area (TPSA) is 20.3 Å². The molecule has 4 heteroatoms. The molecular formula is C12H13BrClNO. The second kappa shape index (κ2) is 4.76. The number of benzene rings is 1. The Labute approximate surface area is 109 Å². The predicted octanol–water partition coefficient (Wildman–Crippen LogP) is 3.35. The van der Waals surface area contributed by atoms with E-state index < -0.39 is 0 Å². The maximum absolute atomic E-state index is 11.7. The van der Waals surface area contributed by atoms with Crippen molar-refractivity contribution in [1.29, 1.82) is 0 Å². The van der Waals surface area contributed by atoms with Gasteiger partial charge in [-0.1, -0.05) is 28.1 Å². The molecule has 1 fully saturated rings. The van der Waals surface area contributed by atoms with Crippen LogP contribution in [0.2, 0.25) is 0 Å². The van der Waals surface area contributed by atoms with E-state index in [0.717, 1.165) is 10.0 Å². The summed E-state index contributed by atoms with van der Waals surface area (Å²) in [5.41, 5.74) is 1.14. The largest absolute Gasteiger partial charge is 0.334 e. The number of rotatable bonds is 2. The average molecular weight is 303 g/mol. The second-order valence-electron chi connectivity index (χ2n) is 4.08. The number of hydrogen-bond donors (Lipinski definition) is 0. The standard InChI is InChI=1S/C12H13BrClNO/c1-8(9-2-4-10(13)5-3-9)15-7-11(14)6-12(15)16/h2-5,8,11H,6-7H2,1H3. The van der Waals surface area contributed by atoms with Crippen molar-refractivity contribution < 1.29 is 4.79 Å². The highest BCUT2D eigenvalue weighted by molar-refractivity contribution is 9.10. The van der Waals surface area contributed by atoms with E-state index in [0.29, 0.717) is 13.0 Å². The highest BCUT2D eigenvalue weighted by atomic mass is 79.9. The molecule has 1 aliphatic heterocycles. The molecule has 0 bridgehead atoms. The van der Waals surface area contributed by atoms with Gasteiger partial charge >= 0.3 is 0 Å². The quantitative estimate of drug-likeness (QED) is 0.767. The third-order valence-electron chi connectivity index (χ3n) is 2.93. The molecular weight excluding hydrogens is 289 g/mol. The van der Waals surface area contributed by atoms with Gasteiger partial charge in [-0.25, -0.2) is 0 Å². The van der Waals surface area contributed by atoms with Crippen LogP contribution in [0.25, 0.3) is 0 Å². The molecule has 2 nitrogen and oxygen atoms in total. The molecule has 2 rings (SSSR count). The van der Waals surface area contributed by atoms with Gasteiger partial charge in [-0.2, -0.15) is 0 Å². The van der Waals surface area contributed by atoms with Crippen LogP contribution >= 0.6 is 27.5 Å². The summed E-state index contributed by atoms with van der Waals surface area (Å²) in [5, 5.41) is -0.0367. The maximum Gasteiger partial charge on any atom is 0.224 e. The number of carbonyl (C=O) groups excluding carboxylic acids is 1. The summed E-state index contributed by atoms with van der Waals surface area (Å²) in [6, 6.07) is 8.15. The zero-order valence-corrected chi connectivity index (χ0v) is 11.3. The third kappa shape index (κ3) is 2.41. The predicted molar refractivity (Wildman–Crippen MR) is 68.5 cm³/mol. The Hall–Kier alpha value is -0.540. The van der Waals surface area contributed by atoms with Gasteiger partial charge in [0.05, 0.1) is 11.4 Å². The van der Waals surface area contributed by atoms with E-state index in [1.807, 2.05) is 36.1 Å². The minimum atomic E-state index is -0.0367. The summed E-state index contributed by atoms with van der Waals surface area (Å²) in [6.07, 6.45) is 0.461. The van der Waals surface area contributed by atoms with Crippen molar-refractivity contribution in [2.45, 2.75) is 24.8 Å². The first-order valence-electron chi connectivity index (χ1n) is 5.27. The molecule has 0 aromatic heterocycles. The molecule has 2 atom stereocenters. The Morgan fingerprint density at radius 1 is 1.44 bits per heavy atom. The van der Waals surface area contributed by atoms with Crippen molar-refractivity contribution in [3.63, 3.8) is 0 Å². The Balaban J connectivity index is 2.16. The van der Waals surface area contributed by atoms with Crippen molar-refractivity contribution in [1.82, 2.24) is 4.90 Å². The SMILES string of the molecule is CC(c1ccc(Br)cc1)N1CC(Cl)CC1=O. The number of hydrogen-bond acceptors (Lipinski definition) is 1. The first kappa shape index (κ1) is 11.9. The van der Waals surface area contributed by atoms with Gasteiger partial charge in [-0.05, 0) is 24.6 Å². The van der Waals surface area contributed by atoms with E-state index >= 15 is 0 Å². The number of nitrogens with zero attached hydrogens (tertiary/aromatic N) is 1. The van der Waals surface area contributed by atoms with Gasteiger partial charge in [0.25, 0.3) is 0 Å². The molecule has 0 aliphatic carbocycles. The van der Waals surface area contributed by atoms with Crippen LogP contribution in [-0.2, 0) is 4.79 Å². The molecule has 16 heavy (non-hydrogen) atoms. The maximum atomic E-state index is 11.7. The number of alkyl halides is 1. The molecule has 0 radical (unpaired) electrons. The van der Waals surface area contributed by atoms with Gasteiger partial charge in [-0.3, -0.25) is 4.79 Å². The van der Waals surface area contributed by atoms with E-state index in [2.05, 4.69) is 15.9 Å². The average Bonchev–Trinajstić information content (AvgIpc) is 2.58. The van der Waals surface area contributed by atoms with Gasteiger partial charge in [-0.15, -0.1) is 11.6 Å². The number of carbonyl (C=O) groups is 1. The van der Waals surface area contributed by atoms with Crippen LogP contribution < -0.4 is 0 Å². The first-order valence-corrected chi connectivity index (χ1v) is 6.50. The summed E-state index contributed by atoms with van der Waals surface area (Å²) < 4.78 is 1.05. The second-order valence-corrected chi connectivity index (χ2v) is 5.61. The molecule has 1 heterocycles. The van der Waals surface area contributed by atoms with E-state index in [4.69, 9.17) is 11.6 Å². The Kier molecular flexibility index (Phi) is 3.55. The van der Waals surface area contributed by atoms with Crippen LogP contribution in [0.4, 0.5) is 0 Å². The molecule has 1 aromatic rings. The van der Waals surface area contributed by atoms with Crippen LogP contribution in [0.5, 0.6) is 0 Å². The molecule has 1 aliphatic rings. The fourth-order valence-electron chi connectivity index (χ4n) is 1.98. The molecule has 0 saturated carbocycles. The highest BCUT2D eigenvalue weighted by Gasteiger charge is 2.31. The lowest BCUT2D eigenvalue weighted by molar-refractivity contribution is -0.129. The lowest BCUT2D eigenvalue weighted by Crippen LogP contribution is -2.28. The minimum absolute atomic E-state index is 0.0367. The van der Waals surface area contributed by atoms with Crippen molar-refractivity contribution in [3.05, 3.63) is 34.3 Å². The zero-order valence-electron chi connectivity index (χ0n) is 8.99. The lowest BCUT2D eigenvalue weighted by atomic mass is 10.1. The molecule has 86 valence electrons. The van der Waals surface area contributed by atoms with Gasteiger partial charge in [0.15, 0.2) is 0 Å². The molecule has 1 amide bonds. The molecule has 0 N–H and O–H groups in total. The number of likely N-dealkylation sites (tertiary alicyclic amines) is 1. The fraction of sp³-hybridized carbons (Fsp3) is 0.417. The summed E-state index contributed by atoms with van der Waals surface area (Å²) in [6.45, 7) is 2.69.